The number of rotatable bonds is 6. The van der Waals surface area contributed by atoms with Gasteiger partial charge in [-0.1, -0.05) is 38.1 Å². The van der Waals surface area contributed by atoms with Crippen LogP contribution in [-0.4, -0.2) is 15.9 Å². The first-order chi connectivity index (χ1) is 16.6. The maximum absolute atomic E-state index is 12.9. The molecule has 168 valence electrons. The molecule has 0 saturated carbocycles. The zero-order valence-electron chi connectivity index (χ0n) is 19.2. The molecule has 5 heteroatoms. The van der Waals surface area contributed by atoms with Gasteiger partial charge in [0, 0.05) is 35.3 Å². The van der Waals surface area contributed by atoms with E-state index in [1.165, 1.54) is 5.56 Å². The van der Waals surface area contributed by atoms with Crippen LogP contribution in [0.4, 0.5) is 0 Å². The van der Waals surface area contributed by atoms with Gasteiger partial charge in [0.1, 0.15) is 11.5 Å². The van der Waals surface area contributed by atoms with Gasteiger partial charge in [-0.3, -0.25) is 14.8 Å². The molecule has 5 nitrogen and oxygen atoms in total. The van der Waals surface area contributed by atoms with Crippen LogP contribution >= 0.6 is 0 Å². The van der Waals surface area contributed by atoms with Crippen molar-refractivity contribution in [3.05, 3.63) is 108 Å². The third-order valence-electron chi connectivity index (χ3n) is 5.85. The number of amides is 1. The molecule has 5 aromatic rings. The van der Waals surface area contributed by atoms with Gasteiger partial charge in [-0.2, -0.15) is 0 Å². The summed E-state index contributed by atoms with van der Waals surface area (Å²) in [4.78, 5) is 21.7. The van der Waals surface area contributed by atoms with Crippen LogP contribution in [0.1, 0.15) is 41.3 Å². The topological polar surface area (TPSA) is 64.1 Å². The lowest BCUT2D eigenvalue weighted by Crippen LogP contribution is -2.22. The smallest absolute Gasteiger partial charge is 0.251 e. The van der Waals surface area contributed by atoms with Crippen molar-refractivity contribution in [3.8, 4) is 11.5 Å². The van der Waals surface area contributed by atoms with Crippen LogP contribution in [0.3, 0.4) is 0 Å². The first kappa shape index (κ1) is 21.6. The molecule has 0 bridgehead atoms. The van der Waals surface area contributed by atoms with Crippen molar-refractivity contribution in [3.63, 3.8) is 0 Å². The van der Waals surface area contributed by atoms with Crippen LogP contribution in [0.5, 0.6) is 11.5 Å². The average molecular weight is 448 g/mol. The molecule has 2 aromatic heterocycles. The summed E-state index contributed by atoms with van der Waals surface area (Å²) in [5.74, 6) is 1.55. The van der Waals surface area contributed by atoms with Crippen LogP contribution in [0.25, 0.3) is 21.8 Å². The van der Waals surface area contributed by atoms with Gasteiger partial charge in [-0.25, -0.2) is 0 Å². The second-order valence-electron chi connectivity index (χ2n) is 8.55. The number of carbonyl (C=O) groups is 1. The lowest BCUT2D eigenvalue weighted by molar-refractivity contribution is 0.0950. The summed E-state index contributed by atoms with van der Waals surface area (Å²) in [6.45, 7) is 4.78. The Balaban J connectivity index is 1.32. The highest BCUT2D eigenvalue weighted by Gasteiger charge is 2.11. The van der Waals surface area contributed by atoms with E-state index in [1.54, 1.807) is 18.3 Å². The highest BCUT2D eigenvalue weighted by molar-refractivity contribution is 5.94. The molecule has 1 amide bonds. The Kier molecular flexibility index (Phi) is 5.91. The lowest BCUT2D eigenvalue weighted by Gasteiger charge is -2.12. The van der Waals surface area contributed by atoms with Gasteiger partial charge < -0.3 is 10.1 Å². The maximum atomic E-state index is 12.9. The molecule has 0 aliphatic heterocycles. The zero-order valence-corrected chi connectivity index (χ0v) is 19.2. The van der Waals surface area contributed by atoms with Crippen LogP contribution in [0.15, 0.2) is 91.3 Å². The van der Waals surface area contributed by atoms with Crippen LogP contribution in [-0.2, 0) is 6.54 Å². The minimum atomic E-state index is -0.152. The molecule has 0 fully saturated rings. The number of nitrogens with zero attached hydrogens (tertiary/aromatic N) is 2. The molecule has 5 rings (SSSR count). The van der Waals surface area contributed by atoms with E-state index >= 15 is 0 Å². The Labute approximate surface area is 198 Å². The summed E-state index contributed by atoms with van der Waals surface area (Å²) in [5.41, 5.74) is 4.66. The summed E-state index contributed by atoms with van der Waals surface area (Å²) in [6.07, 6.45) is 3.57. The van der Waals surface area contributed by atoms with Crippen molar-refractivity contribution in [1.82, 2.24) is 15.3 Å². The number of hydrogen-bond donors (Lipinski definition) is 1. The fraction of sp³-hybridized carbons (Fsp3) is 0.138. The van der Waals surface area contributed by atoms with E-state index in [-0.39, 0.29) is 5.91 Å². The Morgan fingerprint density at radius 3 is 2.50 bits per heavy atom. The van der Waals surface area contributed by atoms with Gasteiger partial charge in [-0.05, 0) is 71.6 Å². The van der Waals surface area contributed by atoms with Gasteiger partial charge >= 0.3 is 0 Å². The number of aromatic nitrogens is 2. The summed E-state index contributed by atoms with van der Waals surface area (Å²) >= 11 is 0. The third kappa shape index (κ3) is 4.46. The minimum Gasteiger partial charge on any atom is -0.457 e. The summed E-state index contributed by atoms with van der Waals surface area (Å²) in [6, 6.07) is 25.0. The van der Waals surface area contributed by atoms with Crippen molar-refractivity contribution in [2.24, 2.45) is 0 Å². The SMILES string of the molecule is CC(C)c1ccnc2ccc(CNC(=O)c3cccc(Oc4ccnc5ccccc45)c3)cc12. The van der Waals surface area contributed by atoms with E-state index in [4.69, 9.17) is 4.74 Å². The normalized spacial score (nSPS) is 11.1. The highest BCUT2D eigenvalue weighted by Crippen LogP contribution is 2.29. The highest BCUT2D eigenvalue weighted by atomic mass is 16.5. The maximum Gasteiger partial charge on any atom is 0.251 e. The van der Waals surface area contributed by atoms with Crippen molar-refractivity contribution < 1.29 is 9.53 Å². The van der Waals surface area contributed by atoms with E-state index in [1.807, 2.05) is 60.8 Å². The van der Waals surface area contributed by atoms with Gasteiger partial charge in [0.25, 0.3) is 5.91 Å². The largest absolute Gasteiger partial charge is 0.457 e. The summed E-state index contributed by atoms with van der Waals surface area (Å²) in [5, 5.41) is 5.08. The predicted octanol–water partition coefficient (Wildman–Crippen LogP) is 6.63. The average Bonchev–Trinajstić information content (AvgIpc) is 2.87. The minimum absolute atomic E-state index is 0.152. The predicted molar refractivity (Wildman–Crippen MR) is 135 cm³/mol. The molecule has 0 aliphatic carbocycles. The van der Waals surface area contributed by atoms with Crippen LogP contribution in [0, 0.1) is 0 Å². The van der Waals surface area contributed by atoms with E-state index in [2.05, 4.69) is 41.3 Å². The lowest BCUT2D eigenvalue weighted by atomic mass is 9.98. The van der Waals surface area contributed by atoms with Crippen LogP contribution in [0.2, 0.25) is 0 Å². The zero-order chi connectivity index (χ0) is 23.5. The molecule has 34 heavy (non-hydrogen) atoms. The number of carbonyl (C=O) groups excluding carboxylic acids is 1. The second kappa shape index (κ2) is 9.32. The monoisotopic (exact) mass is 447 g/mol. The number of para-hydroxylation sites is 1. The fourth-order valence-electron chi connectivity index (χ4n) is 4.10. The van der Waals surface area contributed by atoms with E-state index in [0.717, 1.165) is 27.4 Å². The first-order valence-corrected chi connectivity index (χ1v) is 11.4. The standard InChI is InChI=1S/C29H25N3O2/c1-19(2)23-12-14-30-27-11-10-20(16-25(23)27)18-32-29(33)21-6-5-7-22(17-21)34-28-13-15-31-26-9-4-3-8-24(26)28/h3-17,19H,18H2,1-2H3,(H,32,33). The Hall–Kier alpha value is -4.25. The number of benzene rings is 3. The molecule has 0 saturated heterocycles. The van der Waals surface area contributed by atoms with E-state index in [0.29, 0.717) is 29.5 Å². The number of hydrogen-bond acceptors (Lipinski definition) is 4. The first-order valence-electron chi connectivity index (χ1n) is 11.4. The van der Waals surface area contributed by atoms with Gasteiger partial charge in [-0.15, -0.1) is 0 Å². The molecule has 3 aromatic carbocycles. The van der Waals surface area contributed by atoms with Gasteiger partial charge in [0.05, 0.1) is 11.0 Å². The van der Waals surface area contributed by atoms with Gasteiger partial charge in [0.15, 0.2) is 0 Å². The summed E-state index contributed by atoms with van der Waals surface area (Å²) < 4.78 is 6.10. The molecule has 0 aliphatic rings. The van der Waals surface area contributed by atoms with E-state index in [9.17, 15) is 4.79 Å². The van der Waals surface area contributed by atoms with Gasteiger partial charge in [0.2, 0.25) is 0 Å². The van der Waals surface area contributed by atoms with Crippen LogP contribution < -0.4 is 10.1 Å². The molecule has 2 heterocycles. The molecule has 0 unspecified atom stereocenters. The number of pyridine rings is 2. The fourth-order valence-corrected chi connectivity index (χ4v) is 4.10. The summed E-state index contributed by atoms with van der Waals surface area (Å²) in [7, 11) is 0. The number of ether oxygens (including phenoxy) is 1. The van der Waals surface area contributed by atoms with Crippen molar-refractivity contribution in [2.75, 3.05) is 0 Å². The molecule has 1 N–H and O–H groups in total. The number of fused-ring (bicyclic) bond motifs is 2. The Morgan fingerprint density at radius 1 is 0.853 bits per heavy atom. The third-order valence-corrected chi connectivity index (χ3v) is 5.85. The van der Waals surface area contributed by atoms with Crippen molar-refractivity contribution in [1.29, 1.82) is 0 Å². The quantitative estimate of drug-likeness (QED) is 0.317. The second-order valence-corrected chi connectivity index (χ2v) is 8.55. The molecule has 0 radical (unpaired) electrons. The van der Waals surface area contributed by atoms with Crippen molar-refractivity contribution in [2.45, 2.75) is 26.3 Å². The molecular formula is C29H25N3O2. The Morgan fingerprint density at radius 2 is 1.65 bits per heavy atom. The molecule has 0 atom stereocenters. The van der Waals surface area contributed by atoms with Crippen molar-refractivity contribution >= 4 is 27.7 Å². The van der Waals surface area contributed by atoms with E-state index < -0.39 is 0 Å². The molecule has 0 spiro atoms. The Bertz CT molecular complexity index is 1490. The number of nitrogens with one attached hydrogen (secondary N) is 1. The molecular weight excluding hydrogens is 422 g/mol.